The molecular weight excluding hydrogens is 489 g/mol. The van der Waals surface area contributed by atoms with Gasteiger partial charge in [-0.2, -0.15) is 0 Å². The van der Waals surface area contributed by atoms with Gasteiger partial charge in [-0.15, -0.1) is 0 Å². The summed E-state index contributed by atoms with van der Waals surface area (Å²) in [5, 5.41) is 2.88. The number of hydrogen-bond acceptors (Lipinski definition) is 3. The van der Waals surface area contributed by atoms with Gasteiger partial charge in [-0.3, -0.25) is 14.6 Å². The van der Waals surface area contributed by atoms with Gasteiger partial charge in [0.25, 0.3) is 11.8 Å². The van der Waals surface area contributed by atoms with Crippen LogP contribution in [0, 0.1) is 11.2 Å². The number of nitrogens with one attached hydrogen (secondary N) is 1. The van der Waals surface area contributed by atoms with Crippen molar-refractivity contribution in [2.24, 2.45) is 10.4 Å². The molecule has 7 heteroatoms. The Morgan fingerprint density at radius 2 is 1.86 bits per heavy atom. The summed E-state index contributed by atoms with van der Waals surface area (Å²) in [5.74, 6) is -1.14. The van der Waals surface area contributed by atoms with Gasteiger partial charge >= 0.3 is 0 Å². The molecule has 0 aromatic heterocycles. The lowest BCUT2D eigenvalue weighted by atomic mass is 9.76. The highest BCUT2D eigenvalue weighted by Crippen LogP contribution is 2.46. The summed E-state index contributed by atoms with van der Waals surface area (Å²) >= 11 is 6.05. The van der Waals surface area contributed by atoms with Crippen LogP contribution in [0.1, 0.15) is 58.9 Å². The average Bonchev–Trinajstić information content (AvgIpc) is 3.19. The summed E-state index contributed by atoms with van der Waals surface area (Å²) in [6, 6.07) is 18.6. The maximum atomic E-state index is 13.7. The van der Waals surface area contributed by atoms with Crippen LogP contribution in [0.5, 0.6) is 0 Å². The number of halogens is 2. The highest BCUT2D eigenvalue weighted by molar-refractivity contribution is 6.34. The second-order valence-electron chi connectivity index (χ2n) is 9.72. The molecule has 1 heterocycles. The standard InChI is InChI=1S/C30H29ClFN3O2/c1-2-33-27-8-5-15-30(27)16-17-35(26-7-4-3-6-21(26)19-30)29(37)20-9-12-23(13-10-20)34-28(36)24-18-22(32)11-14-25(24)31/h3-4,6-7,9-14,18H,2,5,8,15-17,19H2,1H3,(H,34,36)/b33-27+. The molecule has 1 aliphatic heterocycles. The van der Waals surface area contributed by atoms with E-state index in [1.807, 2.05) is 23.1 Å². The van der Waals surface area contributed by atoms with Crippen LogP contribution < -0.4 is 10.2 Å². The SMILES string of the molecule is CC/N=C1\CCCC12CCN(C(=O)c1ccc(NC(=O)c3cc(F)ccc3Cl)cc1)c1ccccc1C2. The normalized spacial score (nSPS) is 20.1. The van der Waals surface area contributed by atoms with Gasteiger partial charge in [-0.05, 0) is 93.1 Å². The van der Waals surface area contributed by atoms with E-state index in [4.69, 9.17) is 16.6 Å². The van der Waals surface area contributed by atoms with E-state index in [0.717, 1.165) is 50.4 Å². The molecule has 1 N–H and O–H groups in total. The Morgan fingerprint density at radius 1 is 1.08 bits per heavy atom. The number of anilines is 2. The zero-order chi connectivity index (χ0) is 26.0. The Balaban J connectivity index is 1.37. The number of benzene rings is 3. The van der Waals surface area contributed by atoms with Crippen molar-refractivity contribution in [1.82, 2.24) is 0 Å². The molecule has 1 unspecified atom stereocenters. The highest BCUT2D eigenvalue weighted by Gasteiger charge is 2.42. The molecule has 0 radical (unpaired) electrons. The van der Waals surface area contributed by atoms with Gasteiger partial charge < -0.3 is 10.2 Å². The van der Waals surface area contributed by atoms with Crippen LogP contribution >= 0.6 is 11.6 Å². The van der Waals surface area contributed by atoms with Crippen molar-refractivity contribution in [1.29, 1.82) is 0 Å². The largest absolute Gasteiger partial charge is 0.322 e. The van der Waals surface area contributed by atoms with Crippen LogP contribution in [0.2, 0.25) is 5.02 Å². The van der Waals surface area contributed by atoms with Crippen LogP contribution in [-0.4, -0.2) is 30.6 Å². The summed E-state index contributed by atoms with van der Waals surface area (Å²) in [5.41, 5.74) is 4.52. The topological polar surface area (TPSA) is 61.8 Å². The van der Waals surface area contributed by atoms with Gasteiger partial charge in [0.2, 0.25) is 0 Å². The number of carbonyl (C=O) groups excluding carboxylic acids is 2. The lowest BCUT2D eigenvalue weighted by Crippen LogP contribution is -2.35. The van der Waals surface area contributed by atoms with E-state index >= 15 is 0 Å². The number of para-hydroxylation sites is 1. The minimum absolute atomic E-state index is 0.0213. The molecule has 2 amide bonds. The zero-order valence-electron chi connectivity index (χ0n) is 20.8. The smallest absolute Gasteiger partial charge is 0.258 e. The van der Waals surface area contributed by atoms with Gasteiger partial charge in [0.1, 0.15) is 5.82 Å². The van der Waals surface area contributed by atoms with Crippen molar-refractivity contribution < 1.29 is 14.0 Å². The third kappa shape index (κ3) is 5.03. The Hall–Kier alpha value is -3.51. The molecule has 3 aromatic carbocycles. The molecule has 1 fully saturated rings. The van der Waals surface area contributed by atoms with E-state index in [1.165, 1.54) is 23.4 Å². The summed E-state index contributed by atoms with van der Waals surface area (Å²) in [7, 11) is 0. The first-order valence-electron chi connectivity index (χ1n) is 12.7. The average molecular weight is 518 g/mol. The first kappa shape index (κ1) is 25.2. The van der Waals surface area contributed by atoms with Crippen molar-refractivity contribution in [3.05, 3.63) is 94.3 Å². The second-order valence-corrected chi connectivity index (χ2v) is 10.1. The molecule has 2 aliphatic rings. The van der Waals surface area contributed by atoms with E-state index in [-0.39, 0.29) is 21.9 Å². The summed E-state index contributed by atoms with van der Waals surface area (Å²) in [4.78, 5) is 33.0. The molecule has 1 aliphatic carbocycles. The summed E-state index contributed by atoms with van der Waals surface area (Å²) in [6.07, 6.45) is 5.07. The van der Waals surface area contributed by atoms with Gasteiger partial charge in [0, 0.05) is 41.2 Å². The lowest BCUT2D eigenvalue weighted by Gasteiger charge is -2.29. The number of aliphatic imine (C=N–C) groups is 1. The first-order valence-corrected chi connectivity index (χ1v) is 13.1. The van der Waals surface area contributed by atoms with Crippen LogP contribution in [-0.2, 0) is 6.42 Å². The predicted molar refractivity (Wildman–Crippen MR) is 147 cm³/mol. The minimum Gasteiger partial charge on any atom is -0.322 e. The maximum absolute atomic E-state index is 13.7. The van der Waals surface area contributed by atoms with Crippen LogP contribution in [0.4, 0.5) is 15.8 Å². The fraction of sp³-hybridized carbons (Fsp3) is 0.300. The number of amides is 2. The molecular formula is C30H29ClFN3O2. The third-order valence-electron chi connectivity index (χ3n) is 7.46. The summed E-state index contributed by atoms with van der Waals surface area (Å²) < 4.78 is 13.6. The molecule has 5 rings (SSSR count). The Kier molecular flexibility index (Phi) is 7.11. The van der Waals surface area contributed by atoms with Crippen molar-refractivity contribution in [2.45, 2.75) is 39.0 Å². The van der Waals surface area contributed by atoms with Crippen molar-refractivity contribution in [3.8, 4) is 0 Å². The number of carbonyl (C=O) groups is 2. The Morgan fingerprint density at radius 3 is 2.65 bits per heavy atom. The predicted octanol–water partition coefficient (Wildman–Crippen LogP) is 6.96. The fourth-order valence-corrected chi connectivity index (χ4v) is 5.86. The van der Waals surface area contributed by atoms with Crippen molar-refractivity contribution >= 4 is 40.5 Å². The molecule has 1 atom stereocenters. The first-order chi connectivity index (χ1) is 17.9. The summed E-state index contributed by atoms with van der Waals surface area (Å²) in [6.45, 7) is 3.49. The van der Waals surface area contributed by atoms with E-state index in [1.54, 1.807) is 24.3 Å². The molecule has 37 heavy (non-hydrogen) atoms. The number of fused-ring (bicyclic) bond motifs is 1. The van der Waals surface area contributed by atoms with E-state index in [2.05, 4.69) is 18.3 Å². The lowest BCUT2D eigenvalue weighted by molar-refractivity contribution is 0.0984. The fourth-order valence-electron chi connectivity index (χ4n) is 5.66. The van der Waals surface area contributed by atoms with Gasteiger partial charge in [0.05, 0.1) is 10.6 Å². The molecule has 5 nitrogen and oxygen atoms in total. The minimum atomic E-state index is -0.541. The Bertz CT molecular complexity index is 1370. The molecule has 0 saturated heterocycles. The van der Waals surface area contributed by atoms with Crippen LogP contribution in [0.25, 0.3) is 0 Å². The molecule has 3 aromatic rings. The maximum Gasteiger partial charge on any atom is 0.258 e. The van der Waals surface area contributed by atoms with E-state index in [9.17, 15) is 14.0 Å². The molecule has 190 valence electrons. The number of rotatable bonds is 4. The number of nitrogens with zero attached hydrogens (tertiary/aromatic N) is 2. The monoisotopic (exact) mass is 517 g/mol. The molecule has 1 spiro atoms. The zero-order valence-corrected chi connectivity index (χ0v) is 21.5. The van der Waals surface area contributed by atoms with Gasteiger partial charge in [0.15, 0.2) is 0 Å². The number of hydrogen-bond donors (Lipinski definition) is 1. The van der Waals surface area contributed by atoms with Crippen LogP contribution in [0.15, 0.2) is 71.7 Å². The van der Waals surface area contributed by atoms with Crippen molar-refractivity contribution in [3.63, 3.8) is 0 Å². The molecule has 1 saturated carbocycles. The molecule has 0 bridgehead atoms. The van der Waals surface area contributed by atoms with Gasteiger partial charge in [-0.25, -0.2) is 4.39 Å². The third-order valence-corrected chi connectivity index (χ3v) is 7.79. The van der Waals surface area contributed by atoms with E-state index in [0.29, 0.717) is 17.8 Å². The van der Waals surface area contributed by atoms with Crippen LogP contribution in [0.3, 0.4) is 0 Å². The Labute approximate surface area is 221 Å². The quantitative estimate of drug-likeness (QED) is 0.407. The second kappa shape index (κ2) is 10.5. The highest BCUT2D eigenvalue weighted by atomic mass is 35.5. The van der Waals surface area contributed by atoms with E-state index < -0.39 is 11.7 Å². The van der Waals surface area contributed by atoms with Crippen molar-refractivity contribution in [2.75, 3.05) is 23.3 Å². The van der Waals surface area contributed by atoms with Gasteiger partial charge in [-0.1, -0.05) is 29.8 Å².